The van der Waals surface area contributed by atoms with Crippen LogP contribution in [0.25, 0.3) is 0 Å². The molecule has 7 heteroatoms. The molecule has 0 atom stereocenters. The van der Waals surface area contributed by atoms with E-state index in [0.717, 1.165) is 50.9 Å². The van der Waals surface area contributed by atoms with E-state index in [0.29, 0.717) is 39.0 Å². The molecule has 0 aliphatic carbocycles. The molecule has 2 N–H and O–H groups in total. The Morgan fingerprint density at radius 3 is 0.853 bits per heavy atom. The summed E-state index contributed by atoms with van der Waals surface area (Å²) in [6.45, 7) is 11.1. The summed E-state index contributed by atoms with van der Waals surface area (Å²) in [6, 6.07) is 27.1. The normalized spacial score (nSPS) is 11.3. The van der Waals surface area contributed by atoms with Crippen LogP contribution in [0.5, 0.6) is 0 Å². The number of amides is 2. The van der Waals surface area contributed by atoms with Crippen molar-refractivity contribution in [2.75, 3.05) is 68.1 Å². The van der Waals surface area contributed by atoms with E-state index in [9.17, 15) is 9.59 Å². The summed E-state index contributed by atoms with van der Waals surface area (Å²) in [7, 11) is 4.29. The van der Waals surface area contributed by atoms with Gasteiger partial charge in [0.1, 0.15) is 0 Å². The molecule has 0 unspecified atom stereocenters. The molecule has 75 heavy (non-hydrogen) atoms. The number of unbranched alkanes of at least 4 members (excludes halogenated alkanes) is 27. The van der Waals surface area contributed by atoms with Crippen LogP contribution in [0.2, 0.25) is 0 Å². The fraction of sp³-hybridized carbons (Fsp3) is 0.706. The summed E-state index contributed by atoms with van der Waals surface area (Å²) in [6.07, 6.45) is 46.9. The van der Waals surface area contributed by atoms with Crippen LogP contribution in [-0.4, -0.2) is 65.2 Å². The molecule has 0 aromatic heterocycles. The number of carbonyl (C=O) groups is 2. The Labute approximate surface area is 462 Å². The number of hydrogen-bond acceptors (Lipinski definition) is 5. The average Bonchev–Trinajstić information content (AvgIpc) is 3.43. The smallest absolute Gasteiger partial charge is 0.221 e. The minimum atomic E-state index is 0.0638. The van der Waals surface area contributed by atoms with Gasteiger partial charge in [0.25, 0.3) is 0 Å². The van der Waals surface area contributed by atoms with Crippen LogP contribution < -0.4 is 25.3 Å². The van der Waals surface area contributed by atoms with E-state index in [1.165, 1.54) is 221 Å². The third kappa shape index (κ3) is 33.7. The van der Waals surface area contributed by atoms with Gasteiger partial charge in [-0.2, -0.15) is 0 Å². The summed E-state index contributed by atoms with van der Waals surface area (Å²) in [5, 5.41) is 6.38. The van der Waals surface area contributed by atoms with Gasteiger partial charge >= 0.3 is 0 Å². The first-order valence-corrected chi connectivity index (χ1v) is 31.8. The number of aryl methyl sites for hydroxylation is 3. The van der Waals surface area contributed by atoms with Crippen molar-refractivity contribution < 1.29 is 9.59 Å². The van der Waals surface area contributed by atoms with Crippen LogP contribution >= 0.6 is 0 Å². The van der Waals surface area contributed by atoms with E-state index in [1.54, 1.807) is 0 Å². The first kappa shape index (κ1) is 65.3. The van der Waals surface area contributed by atoms with Crippen LogP contribution in [0.15, 0.2) is 72.8 Å². The van der Waals surface area contributed by atoms with Gasteiger partial charge in [0.2, 0.25) is 11.8 Å². The lowest BCUT2D eigenvalue weighted by Gasteiger charge is -2.25. The van der Waals surface area contributed by atoms with Crippen LogP contribution in [0.4, 0.5) is 17.1 Å². The summed E-state index contributed by atoms with van der Waals surface area (Å²) in [5.41, 5.74) is 7.76. The zero-order valence-corrected chi connectivity index (χ0v) is 49.5. The van der Waals surface area contributed by atoms with Gasteiger partial charge in [-0.15, -0.1) is 0 Å². The minimum absolute atomic E-state index is 0.0638. The Bertz CT molecular complexity index is 1680. The van der Waals surface area contributed by atoms with Crippen molar-refractivity contribution in [1.29, 1.82) is 0 Å². The quantitative estimate of drug-likeness (QED) is 0.0552. The molecule has 0 fully saturated rings. The molecule has 7 nitrogen and oxygen atoms in total. The molecule has 0 spiro atoms. The standard InChI is InChI=1S/C68H115N5O2/c1-6-9-12-15-18-21-24-27-30-33-38-61-41-47-64(48-42-61)71(4)57-36-55-69-67(74)53-59-73(66-51-45-63(46-52-66)40-35-32-29-26-23-20-17-14-11-8-3)60-54-68(75)70-56-37-58-72(5)65-49-43-62(44-50-65)39-34-31-28-25-22-19-16-13-10-7-2/h41-52H,6-40,53-60H2,1-5H3,(H,69,74)(H,70,75). The third-order valence-corrected chi connectivity index (χ3v) is 15.7. The first-order valence-electron chi connectivity index (χ1n) is 31.8. The molecule has 0 saturated heterocycles. The Balaban J connectivity index is 1.38. The number of carbonyl (C=O) groups excluding carboxylic acids is 2. The molecule has 0 bridgehead atoms. The van der Waals surface area contributed by atoms with Gasteiger partial charge in [-0.3, -0.25) is 9.59 Å². The fourth-order valence-electron chi connectivity index (χ4n) is 10.5. The molecule has 3 aromatic rings. The number of nitrogens with zero attached hydrogens (tertiary/aromatic N) is 3. The second-order valence-electron chi connectivity index (χ2n) is 22.5. The highest BCUT2D eigenvalue weighted by atomic mass is 16.2. The molecule has 0 saturated carbocycles. The highest BCUT2D eigenvalue weighted by molar-refractivity contribution is 5.77. The predicted molar refractivity (Wildman–Crippen MR) is 329 cm³/mol. The summed E-state index contributed by atoms with van der Waals surface area (Å²) >= 11 is 0. The minimum Gasteiger partial charge on any atom is -0.375 e. The number of rotatable bonds is 50. The lowest BCUT2D eigenvalue weighted by Crippen LogP contribution is -2.35. The molecule has 3 aromatic carbocycles. The van der Waals surface area contributed by atoms with Gasteiger partial charge < -0.3 is 25.3 Å². The molecular formula is C68H115N5O2. The lowest BCUT2D eigenvalue weighted by atomic mass is 10.0. The van der Waals surface area contributed by atoms with E-state index >= 15 is 0 Å². The van der Waals surface area contributed by atoms with Crippen molar-refractivity contribution >= 4 is 28.9 Å². The molecule has 2 amide bonds. The molecule has 424 valence electrons. The Hall–Kier alpha value is -4.00. The fourth-order valence-corrected chi connectivity index (χ4v) is 10.5. The van der Waals surface area contributed by atoms with E-state index in [-0.39, 0.29) is 11.8 Å². The summed E-state index contributed by atoms with van der Waals surface area (Å²) in [4.78, 5) is 33.3. The van der Waals surface area contributed by atoms with Crippen molar-refractivity contribution in [3.05, 3.63) is 89.5 Å². The number of benzene rings is 3. The molecule has 3 rings (SSSR count). The van der Waals surface area contributed by atoms with Crippen LogP contribution in [0.3, 0.4) is 0 Å². The maximum Gasteiger partial charge on any atom is 0.221 e. The van der Waals surface area contributed by atoms with Crippen molar-refractivity contribution in [2.45, 2.75) is 258 Å². The van der Waals surface area contributed by atoms with Gasteiger partial charge in [-0.1, -0.05) is 231 Å². The summed E-state index contributed by atoms with van der Waals surface area (Å²) < 4.78 is 0. The molecule has 0 aliphatic heterocycles. The zero-order valence-electron chi connectivity index (χ0n) is 49.5. The Morgan fingerprint density at radius 1 is 0.320 bits per heavy atom. The maximum atomic E-state index is 13.2. The molecule has 0 heterocycles. The van der Waals surface area contributed by atoms with Gasteiger partial charge in [-0.05, 0) is 104 Å². The van der Waals surface area contributed by atoms with Crippen molar-refractivity contribution in [3.8, 4) is 0 Å². The first-order chi connectivity index (χ1) is 36.8. The second kappa shape index (κ2) is 45.1. The van der Waals surface area contributed by atoms with Crippen LogP contribution in [-0.2, 0) is 28.9 Å². The van der Waals surface area contributed by atoms with Gasteiger partial charge in [0, 0.05) is 83.3 Å². The van der Waals surface area contributed by atoms with Gasteiger partial charge in [-0.25, -0.2) is 0 Å². The van der Waals surface area contributed by atoms with Gasteiger partial charge in [0.15, 0.2) is 0 Å². The highest BCUT2D eigenvalue weighted by Crippen LogP contribution is 2.21. The zero-order chi connectivity index (χ0) is 53.7. The average molecular weight is 1030 g/mol. The molecule has 0 radical (unpaired) electrons. The van der Waals surface area contributed by atoms with E-state index in [4.69, 9.17) is 0 Å². The van der Waals surface area contributed by atoms with Crippen molar-refractivity contribution in [3.63, 3.8) is 0 Å². The lowest BCUT2D eigenvalue weighted by molar-refractivity contribution is -0.121. The Morgan fingerprint density at radius 2 is 0.573 bits per heavy atom. The van der Waals surface area contributed by atoms with Crippen molar-refractivity contribution in [2.24, 2.45) is 0 Å². The van der Waals surface area contributed by atoms with E-state index < -0.39 is 0 Å². The molecule has 0 aliphatic rings. The molecular weight excluding hydrogens is 919 g/mol. The summed E-state index contributed by atoms with van der Waals surface area (Å²) in [5.74, 6) is 0.128. The SMILES string of the molecule is CCCCCCCCCCCCc1ccc(N(C)CCCNC(=O)CCN(CCC(=O)NCCCN(C)c2ccc(CCCCCCCCCCCC)cc2)c2ccc(CCCCCCCCCCCC)cc2)cc1. The number of nitrogens with one attached hydrogen (secondary N) is 2. The van der Waals surface area contributed by atoms with E-state index in [2.05, 4.69) is 133 Å². The topological polar surface area (TPSA) is 67.9 Å². The van der Waals surface area contributed by atoms with Crippen molar-refractivity contribution in [1.82, 2.24) is 10.6 Å². The number of hydrogen-bond donors (Lipinski definition) is 2. The predicted octanol–water partition coefficient (Wildman–Crippen LogP) is 17.9. The highest BCUT2D eigenvalue weighted by Gasteiger charge is 2.13. The van der Waals surface area contributed by atoms with Gasteiger partial charge in [0.05, 0.1) is 0 Å². The largest absolute Gasteiger partial charge is 0.375 e. The van der Waals surface area contributed by atoms with E-state index in [1.807, 2.05) is 0 Å². The maximum absolute atomic E-state index is 13.2. The monoisotopic (exact) mass is 1030 g/mol. The second-order valence-corrected chi connectivity index (χ2v) is 22.5. The number of anilines is 3. The van der Waals surface area contributed by atoms with Crippen LogP contribution in [0, 0.1) is 0 Å². The van der Waals surface area contributed by atoms with Crippen LogP contribution in [0.1, 0.15) is 256 Å². The third-order valence-electron chi connectivity index (χ3n) is 15.7. The Kier molecular flexibility index (Phi) is 39.2.